The van der Waals surface area contributed by atoms with Gasteiger partial charge in [0.25, 0.3) is 0 Å². The molecule has 0 spiro atoms. The minimum absolute atomic E-state index is 0.106. The molecule has 9 nitrogen and oxygen atoms in total. The number of piperidine rings is 2. The molecule has 0 amide bonds. The predicted molar refractivity (Wildman–Crippen MR) is 183 cm³/mol. The molecule has 4 aliphatic rings. The van der Waals surface area contributed by atoms with Crippen LogP contribution in [0.4, 0.5) is 11.9 Å². The molecule has 0 unspecified atom stereocenters. The molecule has 0 aromatic carbocycles. The van der Waals surface area contributed by atoms with Gasteiger partial charge >= 0.3 is 0 Å². The molecular weight excluding hydrogens is 562 g/mol. The highest BCUT2D eigenvalue weighted by molar-refractivity contribution is 5.40. The van der Waals surface area contributed by atoms with Gasteiger partial charge in [-0.15, -0.1) is 0 Å². The second kappa shape index (κ2) is 13.2. The van der Waals surface area contributed by atoms with Crippen molar-refractivity contribution in [2.24, 2.45) is 0 Å². The van der Waals surface area contributed by atoms with Gasteiger partial charge < -0.3 is 9.80 Å². The summed E-state index contributed by atoms with van der Waals surface area (Å²) in [6, 6.07) is 0.582. The third-order valence-electron chi connectivity index (χ3n) is 11.2. The number of hydrogen-bond acceptors (Lipinski definition) is 9. The molecule has 0 N–H and O–H groups in total. The Kier molecular flexibility index (Phi) is 10.2. The topological polar surface area (TPSA) is 70.1 Å². The first-order valence-electron chi connectivity index (χ1n) is 18.1. The monoisotopic (exact) mass is 628 g/mol. The van der Waals surface area contributed by atoms with E-state index in [9.17, 15) is 0 Å². The Morgan fingerprint density at radius 1 is 0.533 bits per heavy atom. The lowest BCUT2D eigenvalue weighted by Gasteiger charge is -2.56. The Labute approximate surface area is 274 Å². The normalized spacial score (nSPS) is 27.0. The largest absolute Gasteiger partial charge is 0.341 e. The molecule has 2 aliphatic heterocycles. The van der Waals surface area contributed by atoms with Crippen LogP contribution in [0.1, 0.15) is 151 Å². The lowest BCUT2D eigenvalue weighted by atomic mass is 9.78. The SMILES string of the molecule is Cc1nc(N(C)C2CC(C)(C)N(OC3CCCCC3)C(C)(C)C2)nc(N(C)C2CC(C)(C)N(OC3CCCCC3)C(C)(C)C2)n1. The summed E-state index contributed by atoms with van der Waals surface area (Å²) in [7, 11) is 4.33. The first kappa shape index (κ1) is 34.8. The average molecular weight is 628 g/mol. The highest BCUT2D eigenvalue weighted by atomic mass is 16.7. The summed E-state index contributed by atoms with van der Waals surface area (Å²) >= 11 is 0. The van der Waals surface area contributed by atoms with Crippen molar-refractivity contribution in [1.82, 2.24) is 25.1 Å². The van der Waals surface area contributed by atoms with E-state index in [-0.39, 0.29) is 22.2 Å². The molecule has 9 heteroatoms. The average Bonchev–Trinajstić information content (AvgIpc) is 2.96. The van der Waals surface area contributed by atoms with Crippen LogP contribution in [-0.4, -0.2) is 85.6 Å². The van der Waals surface area contributed by atoms with Gasteiger partial charge in [0.15, 0.2) is 0 Å². The Hall–Kier alpha value is -1.55. The smallest absolute Gasteiger partial charge is 0.230 e. The summed E-state index contributed by atoms with van der Waals surface area (Å²) in [5.41, 5.74) is -0.426. The number of hydrogen-bond donors (Lipinski definition) is 0. The lowest BCUT2D eigenvalue weighted by molar-refractivity contribution is -0.310. The first-order chi connectivity index (χ1) is 21.0. The fraction of sp³-hybridized carbons (Fsp3) is 0.917. The Morgan fingerprint density at radius 2 is 0.844 bits per heavy atom. The highest BCUT2D eigenvalue weighted by Crippen LogP contribution is 2.44. The number of anilines is 2. The summed E-state index contributed by atoms with van der Waals surface area (Å²) in [6.45, 7) is 20.7. The van der Waals surface area contributed by atoms with Crippen molar-refractivity contribution in [1.29, 1.82) is 0 Å². The third-order valence-corrected chi connectivity index (χ3v) is 11.2. The van der Waals surface area contributed by atoms with Crippen LogP contribution in [0.2, 0.25) is 0 Å². The standard InChI is InChI=1S/C36H65N7O2/c1-26-37-31(40(10)27-22-33(2,3)42(34(4,5)23-27)44-29-18-14-12-15-19-29)39-32(38-26)41(11)28-24-35(6,7)43(36(8,9)25-28)45-30-20-16-13-17-21-30/h27-30H,12-25H2,1-11H3. The van der Waals surface area contributed by atoms with Gasteiger partial charge in [0, 0.05) is 48.3 Å². The quantitative estimate of drug-likeness (QED) is 0.289. The molecule has 3 heterocycles. The van der Waals surface area contributed by atoms with Crippen LogP contribution in [0.25, 0.3) is 0 Å². The first-order valence-corrected chi connectivity index (χ1v) is 18.1. The number of aromatic nitrogens is 3. The van der Waals surface area contributed by atoms with Crippen molar-refractivity contribution in [3.63, 3.8) is 0 Å². The minimum Gasteiger partial charge on any atom is -0.341 e. The van der Waals surface area contributed by atoms with E-state index in [0.717, 1.165) is 43.4 Å². The van der Waals surface area contributed by atoms with E-state index < -0.39 is 0 Å². The van der Waals surface area contributed by atoms with E-state index in [1.165, 1.54) is 64.2 Å². The lowest BCUT2D eigenvalue weighted by Crippen LogP contribution is -2.65. The van der Waals surface area contributed by atoms with Crippen LogP contribution >= 0.6 is 0 Å². The van der Waals surface area contributed by atoms with E-state index in [1.54, 1.807) is 0 Å². The van der Waals surface area contributed by atoms with Crippen molar-refractivity contribution in [3.8, 4) is 0 Å². The Morgan fingerprint density at radius 3 is 1.16 bits per heavy atom. The van der Waals surface area contributed by atoms with E-state index >= 15 is 0 Å². The van der Waals surface area contributed by atoms with Gasteiger partial charge in [-0.05, 0) is 114 Å². The Bertz CT molecular complexity index is 1020. The van der Waals surface area contributed by atoms with Gasteiger partial charge in [-0.3, -0.25) is 9.68 Å². The molecule has 2 saturated carbocycles. The fourth-order valence-electron chi connectivity index (χ4n) is 9.27. The molecule has 1 aromatic rings. The maximum absolute atomic E-state index is 6.77. The van der Waals surface area contributed by atoms with Crippen LogP contribution in [0.5, 0.6) is 0 Å². The summed E-state index contributed by atoms with van der Waals surface area (Å²) < 4.78 is 0. The van der Waals surface area contributed by atoms with Crippen molar-refractivity contribution in [2.45, 2.75) is 199 Å². The van der Waals surface area contributed by atoms with Crippen LogP contribution in [0.15, 0.2) is 0 Å². The molecule has 256 valence electrons. The van der Waals surface area contributed by atoms with E-state index in [4.69, 9.17) is 24.6 Å². The second-order valence-electron chi connectivity index (χ2n) is 17.4. The third kappa shape index (κ3) is 7.79. The zero-order valence-electron chi connectivity index (χ0n) is 30.7. The number of aryl methyl sites for hydroxylation is 1. The second-order valence-corrected chi connectivity index (χ2v) is 17.4. The van der Waals surface area contributed by atoms with Gasteiger partial charge in [0.1, 0.15) is 5.82 Å². The van der Waals surface area contributed by atoms with Gasteiger partial charge in [0.05, 0.1) is 12.2 Å². The van der Waals surface area contributed by atoms with Crippen molar-refractivity contribution < 1.29 is 9.68 Å². The molecule has 0 bridgehead atoms. The van der Waals surface area contributed by atoms with Gasteiger partial charge in [-0.2, -0.15) is 25.1 Å². The molecule has 0 radical (unpaired) electrons. The highest BCUT2D eigenvalue weighted by Gasteiger charge is 2.50. The van der Waals surface area contributed by atoms with Gasteiger partial charge in [-0.1, -0.05) is 38.5 Å². The number of rotatable bonds is 8. The maximum atomic E-state index is 6.77. The predicted octanol–water partition coefficient (Wildman–Crippen LogP) is 7.62. The number of hydroxylamine groups is 4. The van der Waals surface area contributed by atoms with Crippen molar-refractivity contribution in [3.05, 3.63) is 5.82 Å². The van der Waals surface area contributed by atoms with E-state index in [0.29, 0.717) is 24.3 Å². The summed E-state index contributed by atoms with van der Waals surface area (Å²) in [5.74, 6) is 2.29. The van der Waals surface area contributed by atoms with E-state index in [2.05, 4.69) is 89.4 Å². The minimum atomic E-state index is -0.106. The zero-order chi connectivity index (χ0) is 32.8. The molecule has 1 aromatic heterocycles. The molecule has 5 rings (SSSR count). The van der Waals surface area contributed by atoms with Crippen LogP contribution in [0.3, 0.4) is 0 Å². The fourth-order valence-corrected chi connectivity index (χ4v) is 9.27. The molecular formula is C36H65N7O2. The summed E-state index contributed by atoms with van der Waals surface area (Å²) in [6.07, 6.45) is 17.1. The van der Waals surface area contributed by atoms with Crippen LogP contribution in [0, 0.1) is 6.92 Å². The van der Waals surface area contributed by atoms with Crippen LogP contribution < -0.4 is 9.80 Å². The van der Waals surface area contributed by atoms with Gasteiger partial charge in [0.2, 0.25) is 11.9 Å². The zero-order valence-corrected chi connectivity index (χ0v) is 30.7. The van der Waals surface area contributed by atoms with Crippen LogP contribution in [-0.2, 0) is 9.68 Å². The molecule has 0 atom stereocenters. The number of nitrogens with zero attached hydrogens (tertiary/aromatic N) is 7. The summed E-state index contributed by atoms with van der Waals surface area (Å²) in [5, 5.41) is 4.68. The van der Waals surface area contributed by atoms with Crippen molar-refractivity contribution in [2.75, 3.05) is 23.9 Å². The molecule has 45 heavy (non-hydrogen) atoms. The van der Waals surface area contributed by atoms with Crippen molar-refractivity contribution >= 4 is 11.9 Å². The van der Waals surface area contributed by atoms with Gasteiger partial charge in [-0.25, -0.2) is 0 Å². The molecule has 4 fully saturated rings. The summed E-state index contributed by atoms with van der Waals surface area (Å²) in [4.78, 5) is 33.1. The maximum Gasteiger partial charge on any atom is 0.230 e. The molecule has 2 saturated heterocycles. The van der Waals surface area contributed by atoms with E-state index in [1.807, 2.05) is 6.92 Å². The molecule has 2 aliphatic carbocycles. The Balaban J connectivity index is 1.30.